The Kier molecular flexibility index (Phi) is 3.76. The Bertz CT molecular complexity index is 911. The maximum Gasteiger partial charge on any atom is 0.269 e. The van der Waals surface area contributed by atoms with Gasteiger partial charge in [-0.25, -0.2) is 14.1 Å². The molecule has 25 heavy (non-hydrogen) atoms. The van der Waals surface area contributed by atoms with Crippen molar-refractivity contribution in [3.63, 3.8) is 0 Å². The average molecular weight is 336 g/mol. The van der Waals surface area contributed by atoms with Crippen LogP contribution in [0.25, 0.3) is 0 Å². The first-order valence-corrected chi connectivity index (χ1v) is 8.00. The Morgan fingerprint density at radius 1 is 1.04 bits per heavy atom. The molecule has 2 aromatic carbocycles. The summed E-state index contributed by atoms with van der Waals surface area (Å²) in [5.41, 5.74) is 3.96. The van der Waals surface area contributed by atoms with Crippen molar-refractivity contribution in [1.82, 2.24) is 20.2 Å². The monoisotopic (exact) mass is 336 g/mol. The lowest BCUT2D eigenvalue weighted by molar-refractivity contribution is 0.515. The highest BCUT2D eigenvalue weighted by Crippen LogP contribution is 2.32. The molecule has 1 aliphatic rings. The van der Waals surface area contributed by atoms with E-state index in [0.717, 1.165) is 22.5 Å². The van der Waals surface area contributed by atoms with Gasteiger partial charge in [-0.05, 0) is 45.8 Å². The third-order valence-corrected chi connectivity index (χ3v) is 4.36. The lowest BCUT2D eigenvalue weighted by atomic mass is 9.96. The van der Waals surface area contributed by atoms with Crippen LogP contribution in [0.1, 0.15) is 23.6 Å². The van der Waals surface area contributed by atoms with Crippen LogP contribution in [0.3, 0.4) is 0 Å². The summed E-state index contributed by atoms with van der Waals surface area (Å²) in [7, 11) is 4.02. The van der Waals surface area contributed by atoms with Crippen LogP contribution in [0.4, 0.5) is 16.0 Å². The Hall–Kier alpha value is -3.09. The van der Waals surface area contributed by atoms with Crippen LogP contribution in [-0.4, -0.2) is 40.0 Å². The quantitative estimate of drug-likeness (QED) is 0.738. The van der Waals surface area contributed by atoms with E-state index >= 15 is 0 Å². The van der Waals surface area contributed by atoms with Gasteiger partial charge in [0, 0.05) is 26.2 Å². The maximum atomic E-state index is 13.2. The van der Waals surface area contributed by atoms with E-state index < -0.39 is 0 Å². The van der Waals surface area contributed by atoms with Crippen molar-refractivity contribution in [3.8, 4) is 0 Å². The van der Waals surface area contributed by atoms with E-state index in [1.165, 1.54) is 12.1 Å². The third kappa shape index (κ3) is 2.88. The van der Waals surface area contributed by atoms with Gasteiger partial charge in [0.2, 0.25) is 0 Å². The molecule has 2 heterocycles. The number of fused-ring (bicyclic) bond motifs is 1. The first-order valence-electron chi connectivity index (χ1n) is 8.00. The fourth-order valence-corrected chi connectivity index (χ4v) is 2.98. The molecule has 0 aliphatic carbocycles. The normalized spacial score (nSPS) is 16.3. The molecule has 0 amide bonds. The van der Waals surface area contributed by atoms with Gasteiger partial charge in [-0.15, -0.1) is 0 Å². The van der Waals surface area contributed by atoms with Gasteiger partial charge in [0.05, 0.1) is 11.8 Å². The smallest absolute Gasteiger partial charge is 0.269 e. The number of nitrogens with zero attached hydrogens (tertiary/aromatic N) is 6. The standard InChI is InChI=1S/C18H17FN6/c1-24(2)15-9-5-13(6-10-15)17-11-16(12-3-7-14(19)8-4-12)20-18-21-22-23-25(17)18/h3-10,17H,11H2,1-2H3. The number of hydrogen-bond donors (Lipinski definition) is 0. The zero-order valence-electron chi connectivity index (χ0n) is 14.0. The third-order valence-electron chi connectivity index (χ3n) is 4.36. The minimum absolute atomic E-state index is 0.0428. The molecular formula is C18H17FN6. The molecule has 6 nitrogen and oxygen atoms in total. The fraction of sp³-hybridized carbons (Fsp3) is 0.222. The number of rotatable bonds is 3. The second kappa shape index (κ2) is 6.08. The van der Waals surface area contributed by atoms with Crippen molar-refractivity contribution < 1.29 is 4.39 Å². The molecular weight excluding hydrogens is 319 g/mol. The molecule has 7 heteroatoms. The number of anilines is 1. The molecule has 3 aromatic rings. The van der Waals surface area contributed by atoms with Gasteiger partial charge < -0.3 is 4.90 Å². The molecule has 0 saturated heterocycles. The average Bonchev–Trinajstić information content (AvgIpc) is 3.10. The summed E-state index contributed by atoms with van der Waals surface area (Å²) in [6.45, 7) is 0. The fourth-order valence-electron chi connectivity index (χ4n) is 2.98. The molecule has 0 saturated carbocycles. The van der Waals surface area contributed by atoms with Gasteiger partial charge in [-0.1, -0.05) is 29.4 Å². The molecule has 1 aromatic heterocycles. The maximum absolute atomic E-state index is 13.2. The van der Waals surface area contributed by atoms with Gasteiger partial charge in [0.1, 0.15) is 5.82 Å². The van der Waals surface area contributed by atoms with Crippen LogP contribution in [-0.2, 0) is 0 Å². The summed E-state index contributed by atoms with van der Waals surface area (Å²) in [6.07, 6.45) is 0.644. The predicted molar refractivity (Wildman–Crippen MR) is 93.9 cm³/mol. The zero-order valence-corrected chi connectivity index (χ0v) is 14.0. The SMILES string of the molecule is CN(C)c1ccc(C2CC(c3ccc(F)cc3)=Nc3nnnn32)cc1. The van der Waals surface area contributed by atoms with Crippen LogP contribution >= 0.6 is 0 Å². The van der Waals surface area contributed by atoms with E-state index in [4.69, 9.17) is 0 Å². The van der Waals surface area contributed by atoms with Crippen LogP contribution in [0.5, 0.6) is 0 Å². The number of aromatic nitrogens is 4. The zero-order chi connectivity index (χ0) is 17.4. The Balaban J connectivity index is 1.72. The van der Waals surface area contributed by atoms with Gasteiger partial charge in [0.25, 0.3) is 5.95 Å². The first kappa shape index (κ1) is 15.4. The molecule has 4 rings (SSSR count). The van der Waals surface area contributed by atoms with Crippen LogP contribution in [0.2, 0.25) is 0 Å². The largest absolute Gasteiger partial charge is 0.378 e. The number of tetrazole rings is 1. The van der Waals surface area contributed by atoms with E-state index in [1.54, 1.807) is 16.8 Å². The van der Waals surface area contributed by atoms with Crippen molar-refractivity contribution >= 4 is 17.3 Å². The molecule has 0 bridgehead atoms. The second-order valence-electron chi connectivity index (χ2n) is 6.19. The van der Waals surface area contributed by atoms with Gasteiger partial charge in [0.15, 0.2) is 0 Å². The highest BCUT2D eigenvalue weighted by Gasteiger charge is 2.26. The second-order valence-corrected chi connectivity index (χ2v) is 6.19. The summed E-state index contributed by atoms with van der Waals surface area (Å²) in [5.74, 6) is 0.202. The van der Waals surface area contributed by atoms with Crippen molar-refractivity contribution in [2.24, 2.45) is 4.99 Å². The van der Waals surface area contributed by atoms with Gasteiger partial charge in [-0.2, -0.15) is 0 Å². The molecule has 126 valence electrons. The van der Waals surface area contributed by atoms with Gasteiger partial charge >= 0.3 is 0 Å². The summed E-state index contributed by atoms with van der Waals surface area (Å²) in [4.78, 5) is 6.59. The van der Waals surface area contributed by atoms with E-state index in [2.05, 4.69) is 49.7 Å². The molecule has 0 radical (unpaired) electrons. The molecule has 0 N–H and O–H groups in total. The van der Waals surface area contributed by atoms with E-state index in [9.17, 15) is 4.39 Å². The van der Waals surface area contributed by atoms with Crippen molar-refractivity contribution in [3.05, 3.63) is 65.5 Å². The number of hydrogen-bond acceptors (Lipinski definition) is 5. The molecule has 1 aliphatic heterocycles. The number of halogens is 1. The molecule has 0 spiro atoms. The van der Waals surface area contributed by atoms with Crippen molar-refractivity contribution in [1.29, 1.82) is 0 Å². The van der Waals surface area contributed by atoms with Crippen molar-refractivity contribution in [2.45, 2.75) is 12.5 Å². The predicted octanol–water partition coefficient (Wildman–Crippen LogP) is 2.99. The lowest BCUT2D eigenvalue weighted by Gasteiger charge is -2.23. The molecule has 1 atom stereocenters. The molecule has 0 fully saturated rings. The topological polar surface area (TPSA) is 59.2 Å². The first-order chi connectivity index (χ1) is 12.1. The van der Waals surface area contributed by atoms with Gasteiger partial charge in [-0.3, -0.25) is 0 Å². The Morgan fingerprint density at radius 2 is 1.76 bits per heavy atom. The Labute approximate surface area is 144 Å². The highest BCUT2D eigenvalue weighted by molar-refractivity contribution is 6.02. The number of benzene rings is 2. The Morgan fingerprint density at radius 3 is 2.44 bits per heavy atom. The summed E-state index contributed by atoms with van der Waals surface area (Å²) in [5, 5.41) is 11.9. The van der Waals surface area contributed by atoms with Crippen molar-refractivity contribution in [2.75, 3.05) is 19.0 Å². The molecule has 1 unspecified atom stereocenters. The minimum atomic E-state index is -0.263. The van der Waals surface area contributed by atoms with Crippen LogP contribution in [0, 0.1) is 5.82 Å². The summed E-state index contributed by atoms with van der Waals surface area (Å²) >= 11 is 0. The van der Waals surface area contributed by atoms with E-state index in [0.29, 0.717) is 12.4 Å². The van der Waals surface area contributed by atoms with E-state index in [1.807, 2.05) is 14.1 Å². The van der Waals surface area contributed by atoms with Crippen LogP contribution in [0.15, 0.2) is 53.5 Å². The van der Waals surface area contributed by atoms with E-state index in [-0.39, 0.29) is 11.9 Å². The minimum Gasteiger partial charge on any atom is -0.378 e. The number of aliphatic imine (C=N–C) groups is 1. The highest BCUT2D eigenvalue weighted by atomic mass is 19.1. The summed E-state index contributed by atoms with van der Waals surface area (Å²) in [6, 6.07) is 14.6. The lowest BCUT2D eigenvalue weighted by Crippen LogP contribution is -2.21. The van der Waals surface area contributed by atoms with Crippen LogP contribution < -0.4 is 4.90 Å². The summed E-state index contributed by atoms with van der Waals surface area (Å²) < 4.78 is 14.9.